The molecular weight excluding hydrogens is 488 g/mol. The Kier molecular flexibility index (Phi) is 7.44. The number of benzene rings is 2. The fraction of sp³-hybridized carbons (Fsp3) is 0.261. The zero-order chi connectivity index (χ0) is 26.0. The number of alkyl halides is 3. The molecule has 0 radical (unpaired) electrons. The summed E-state index contributed by atoms with van der Waals surface area (Å²) >= 11 is 0. The van der Waals surface area contributed by atoms with Crippen molar-refractivity contribution in [3.05, 3.63) is 70.7 Å². The molecule has 2 N–H and O–H groups in total. The molecule has 1 aromatic heterocycles. The minimum Gasteiger partial charge on any atom is -0.434 e. The van der Waals surface area contributed by atoms with Crippen molar-refractivity contribution in [1.29, 1.82) is 4.78 Å². The van der Waals surface area contributed by atoms with Gasteiger partial charge in [-0.15, -0.1) is 10.2 Å². The molecule has 0 spiro atoms. The van der Waals surface area contributed by atoms with Gasteiger partial charge in [0.1, 0.15) is 5.56 Å². The molecule has 0 fully saturated rings. The lowest BCUT2D eigenvalue weighted by molar-refractivity contribution is -0.142. The first-order valence-electron chi connectivity index (χ1n) is 10.4. The molecule has 0 saturated carbocycles. The van der Waals surface area contributed by atoms with Gasteiger partial charge in [0.15, 0.2) is 17.3 Å². The first-order valence-corrected chi connectivity index (χ1v) is 12.3. The zero-order valence-corrected chi connectivity index (χ0v) is 19.8. The quantitative estimate of drug-likeness (QED) is 0.381. The lowest BCUT2D eigenvalue weighted by atomic mass is 10.1. The van der Waals surface area contributed by atoms with Crippen LogP contribution in [0.1, 0.15) is 40.5 Å². The summed E-state index contributed by atoms with van der Waals surface area (Å²) in [6, 6.07) is 9.63. The summed E-state index contributed by atoms with van der Waals surface area (Å²) in [5.41, 5.74) is -1.75. The van der Waals surface area contributed by atoms with Crippen LogP contribution in [-0.2, 0) is 22.3 Å². The van der Waals surface area contributed by atoms with E-state index in [1.165, 1.54) is 36.6 Å². The second-order valence-corrected chi connectivity index (χ2v) is 9.95. The summed E-state index contributed by atoms with van der Waals surface area (Å²) < 4.78 is 80.0. The number of carbonyl (C=O) groups is 1. The monoisotopic (exact) mass is 510 g/mol. The maximum Gasteiger partial charge on any atom is 0.435 e. The Morgan fingerprint density at radius 3 is 2.51 bits per heavy atom. The molecule has 0 aliphatic heterocycles. The van der Waals surface area contributed by atoms with Crippen LogP contribution in [0.3, 0.4) is 0 Å². The molecule has 0 aliphatic rings. The number of anilines is 1. The van der Waals surface area contributed by atoms with E-state index in [1.807, 2.05) is 6.92 Å². The molecule has 1 unspecified atom stereocenters. The first kappa shape index (κ1) is 26.1. The Bertz CT molecular complexity index is 1380. The van der Waals surface area contributed by atoms with Crippen molar-refractivity contribution in [1.82, 2.24) is 10.2 Å². The van der Waals surface area contributed by atoms with E-state index in [1.54, 1.807) is 6.07 Å². The van der Waals surface area contributed by atoms with Crippen molar-refractivity contribution in [2.45, 2.75) is 37.8 Å². The standard InChI is InChI=1S/C23H22F4N4O3S/c1-4-6-14-9-10-17(24)18(11-14)34-22-19(13(2)20(30-31-22)23(25,26)27)21(32)29-15-7-5-8-16(12-15)35(3,28)33/h5,7-12,28H,4,6H2,1-3H3,(H,29,32). The number of hydrogen-bond donors (Lipinski definition) is 2. The fourth-order valence-corrected chi connectivity index (χ4v) is 3.98. The first-order chi connectivity index (χ1) is 16.3. The number of ether oxygens (including phenoxy) is 1. The van der Waals surface area contributed by atoms with Gasteiger partial charge in [-0.2, -0.15) is 13.2 Å². The number of amides is 1. The largest absolute Gasteiger partial charge is 0.435 e. The van der Waals surface area contributed by atoms with E-state index >= 15 is 0 Å². The number of aryl methyl sites for hydroxylation is 1. The van der Waals surface area contributed by atoms with Gasteiger partial charge in [0.2, 0.25) is 0 Å². The lowest BCUT2D eigenvalue weighted by Crippen LogP contribution is -2.21. The molecule has 1 amide bonds. The Hall–Kier alpha value is -3.54. The van der Waals surface area contributed by atoms with Crippen LogP contribution >= 0.6 is 0 Å². The fourth-order valence-electron chi connectivity index (χ4n) is 3.29. The molecule has 1 atom stereocenters. The van der Waals surface area contributed by atoms with Crippen LogP contribution in [0.2, 0.25) is 0 Å². The number of aromatic nitrogens is 2. The van der Waals surface area contributed by atoms with E-state index < -0.39 is 50.3 Å². The van der Waals surface area contributed by atoms with Crippen molar-refractivity contribution in [2.75, 3.05) is 11.6 Å². The Balaban J connectivity index is 2.08. The number of rotatable bonds is 7. The molecule has 0 aliphatic carbocycles. The zero-order valence-electron chi connectivity index (χ0n) is 19.0. The van der Waals surface area contributed by atoms with Crippen LogP contribution < -0.4 is 10.1 Å². The van der Waals surface area contributed by atoms with Gasteiger partial charge in [-0.3, -0.25) is 4.79 Å². The number of halogens is 4. The predicted molar refractivity (Wildman–Crippen MR) is 122 cm³/mol. The normalized spacial score (nSPS) is 13.2. The molecule has 35 heavy (non-hydrogen) atoms. The summed E-state index contributed by atoms with van der Waals surface area (Å²) in [5.74, 6) is -2.76. The molecule has 0 saturated heterocycles. The van der Waals surface area contributed by atoms with Crippen molar-refractivity contribution in [2.24, 2.45) is 0 Å². The highest BCUT2D eigenvalue weighted by atomic mass is 32.2. The second-order valence-electron chi connectivity index (χ2n) is 7.79. The van der Waals surface area contributed by atoms with Crippen LogP contribution in [-0.4, -0.2) is 26.6 Å². The number of nitrogens with zero attached hydrogens (tertiary/aromatic N) is 2. The number of hydrogen-bond acceptors (Lipinski definition) is 6. The van der Waals surface area contributed by atoms with Gasteiger partial charge < -0.3 is 10.1 Å². The predicted octanol–water partition coefficient (Wildman–Crippen LogP) is 5.98. The van der Waals surface area contributed by atoms with Gasteiger partial charge in [-0.05, 0) is 54.8 Å². The highest BCUT2D eigenvalue weighted by Gasteiger charge is 2.38. The third-order valence-electron chi connectivity index (χ3n) is 4.96. The van der Waals surface area contributed by atoms with Gasteiger partial charge in [0.05, 0.1) is 9.73 Å². The molecule has 186 valence electrons. The Morgan fingerprint density at radius 2 is 1.89 bits per heavy atom. The summed E-state index contributed by atoms with van der Waals surface area (Å²) in [5, 5.41) is 9.01. The summed E-state index contributed by atoms with van der Waals surface area (Å²) in [6.45, 7) is 2.95. The lowest BCUT2D eigenvalue weighted by Gasteiger charge is -2.16. The molecule has 12 heteroatoms. The van der Waals surface area contributed by atoms with Crippen molar-refractivity contribution in [3.63, 3.8) is 0 Å². The van der Waals surface area contributed by atoms with Crippen molar-refractivity contribution < 1.29 is 31.3 Å². The van der Waals surface area contributed by atoms with Crippen molar-refractivity contribution in [3.8, 4) is 11.6 Å². The third kappa shape index (κ3) is 6.13. The van der Waals surface area contributed by atoms with Gasteiger partial charge in [-0.25, -0.2) is 13.4 Å². The van der Waals surface area contributed by atoms with Crippen LogP contribution in [0.15, 0.2) is 47.4 Å². The van der Waals surface area contributed by atoms with Crippen LogP contribution in [0.5, 0.6) is 11.6 Å². The van der Waals surface area contributed by atoms with Crippen molar-refractivity contribution >= 4 is 21.3 Å². The Labute approximate surface area is 199 Å². The van der Waals surface area contributed by atoms with Gasteiger partial charge in [0, 0.05) is 16.8 Å². The smallest absolute Gasteiger partial charge is 0.434 e. The Morgan fingerprint density at radius 1 is 1.17 bits per heavy atom. The minimum atomic E-state index is -4.91. The van der Waals surface area contributed by atoms with E-state index in [0.29, 0.717) is 6.42 Å². The maximum atomic E-state index is 14.4. The SMILES string of the molecule is CCCc1ccc(F)c(Oc2nnc(C(F)(F)F)c(C)c2C(=O)Nc2cccc(S(C)(=N)=O)c2)c1. The third-order valence-corrected chi connectivity index (χ3v) is 6.12. The van der Waals surface area contributed by atoms with Gasteiger partial charge in [0.25, 0.3) is 11.8 Å². The maximum absolute atomic E-state index is 14.4. The summed E-state index contributed by atoms with van der Waals surface area (Å²) in [7, 11) is -3.11. The van der Waals surface area contributed by atoms with Crippen LogP contribution in [0.4, 0.5) is 23.2 Å². The molecule has 3 aromatic rings. The molecule has 0 bridgehead atoms. The molecule has 1 heterocycles. The van der Waals surface area contributed by atoms with E-state index in [9.17, 15) is 26.6 Å². The van der Waals surface area contributed by atoms with Gasteiger partial charge in [-0.1, -0.05) is 25.5 Å². The number of nitrogens with one attached hydrogen (secondary N) is 2. The number of carbonyl (C=O) groups excluding carboxylic acids is 1. The second kappa shape index (κ2) is 9.98. The van der Waals surface area contributed by atoms with E-state index in [-0.39, 0.29) is 16.3 Å². The highest BCUT2D eigenvalue weighted by molar-refractivity contribution is 7.91. The van der Waals surface area contributed by atoms with E-state index in [0.717, 1.165) is 25.0 Å². The van der Waals surface area contributed by atoms with Crippen LogP contribution in [0, 0.1) is 17.5 Å². The van der Waals surface area contributed by atoms with Gasteiger partial charge >= 0.3 is 6.18 Å². The minimum absolute atomic E-state index is 0.0844. The molecule has 2 aromatic carbocycles. The van der Waals surface area contributed by atoms with E-state index in [4.69, 9.17) is 9.52 Å². The average molecular weight is 511 g/mol. The topological polar surface area (TPSA) is 105 Å². The average Bonchev–Trinajstić information content (AvgIpc) is 2.75. The molecule has 3 rings (SSSR count). The van der Waals surface area contributed by atoms with Crippen LogP contribution in [0.25, 0.3) is 0 Å². The molecule has 7 nitrogen and oxygen atoms in total. The highest BCUT2D eigenvalue weighted by Crippen LogP contribution is 2.35. The van der Waals surface area contributed by atoms with E-state index in [2.05, 4.69) is 15.5 Å². The summed E-state index contributed by atoms with van der Waals surface area (Å²) in [6.07, 6.45) is -2.35. The summed E-state index contributed by atoms with van der Waals surface area (Å²) in [4.78, 5) is 13.2. The molecular formula is C23H22F4N4O3S.